The molecule has 0 bridgehead atoms. The Labute approximate surface area is 163 Å². The monoisotopic (exact) mass is 362 g/mol. The summed E-state index contributed by atoms with van der Waals surface area (Å²) in [7, 11) is 0. The van der Waals surface area contributed by atoms with Crippen LogP contribution in [0.4, 0.5) is 0 Å². The van der Waals surface area contributed by atoms with E-state index in [0.29, 0.717) is 0 Å². The van der Waals surface area contributed by atoms with Crippen molar-refractivity contribution in [3.63, 3.8) is 0 Å². The molecule has 0 saturated carbocycles. The Morgan fingerprint density at radius 2 is 1.38 bits per heavy atom. The van der Waals surface area contributed by atoms with Crippen molar-refractivity contribution in [3.05, 3.63) is 24.8 Å². The summed E-state index contributed by atoms with van der Waals surface area (Å²) >= 11 is 0. The van der Waals surface area contributed by atoms with E-state index in [-0.39, 0.29) is 6.29 Å². The maximum atomic E-state index is 5.97. The first-order chi connectivity index (χ1) is 12.8. The lowest BCUT2D eigenvalue weighted by Crippen LogP contribution is -2.19. The fourth-order valence-corrected chi connectivity index (χ4v) is 2.70. The molecule has 26 heavy (non-hydrogen) atoms. The van der Waals surface area contributed by atoms with Gasteiger partial charge in [0.15, 0.2) is 6.29 Å². The Hall–Kier alpha value is -1.04. The Balaban J connectivity index is 3.71. The van der Waals surface area contributed by atoms with Gasteiger partial charge in [0.1, 0.15) is 0 Å². The highest BCUT2D eigenvalue weighted by Crippen LogP contribution is 2.13. The lowest BCUT2D eigenvalue weighted by molar-refractivity contribution is -0.148. The molecule has 0 aliphatic carbocycles. The molecule has 2 nitrogen and oxygen atoms in total. The molecule has 0 unspecified atom stereocenters. The van der Waals surface area contributed by atoms with Crippen molar-refractivity contribution in [2.24, 2.45) is 0 Å². The minimum absolute atomic E-state index is 0.00933. The van der Waals surface area contributed by atoms with Gasteiger partial charge >= 0.3 is 0 Å². The first-order valence-corrected chi connectivity index (χ1v) is 10.8. The summed E-state index contributed by atoms with van der Waals surface area (Å²) in [4.78, 5) is 0. The van der Waals surface area contributed by atoms with Gasteiger partial charge in [-0.1, -0.05) is 83.3 Å². The van der Waals surface area contributed by atoms with Crippen LogP contribution in [0.2, 0.25) is 0 Å². The van der Waals surface area contributed by atoms with Gasteiger partial charge in [0.05, 0.1) is 0 Å². The number of rotatable bonds is 18. The topological polar surface area (TPSA) is 18.5 Å². The Morgan fingerprint density at radius 1 is 0.769 bits per heavy atom. The van der Waals surface area contributed by atoms with Crippen LogP contribution in [0.5, 0.6) is 0 Å². The lowest BCUT2D eigenvalue weighted by atomic mass is 10.1. The molecule has 0 amide bonds. The van der Waals surface area contributed by atoms with E-state index in [9.17, 15) is 0 Å². The lowest BCUT2D eigenvalue weighted by Gasteiger charge is -2.18. The maximum Gasteiger partial charge on any atom is 0.157 e. The fraction of sp³-hybridized carbons (Fsp3) is 0.750. The zero-order valence-corrected chi connectivity index (χ0v) is 17.4. The number of hydrogen-bond acceptors (Lipinski definition) is 2. The number of ether oxygens (including phenoxy) is 2. The smallest absolute Gasteiger partial charge is 0.157 e. The minimum Gasteiger partial charge on any atom is -0.353 e. The summed E-state index contributed by atoms with van der Waals surface area (Å²) in [5.41, 5.74) is 0. The molecule has 0 aliphatic rings. The maximum absolute atomic E-state index is 5.97. The molecule has 0 spiro atoms. The van der Waals surface area contributed by atoms with Gasteiger partial charge in [-0.25, -0.2) is 0 Å². The van der Waals surface area contributed by atoms with Crippen molar-refractivity contribution in [2.75, 3.05) is 13.2 Å². The summed E-state index contributed by atoms with van der Waals surface area (Å²) in [6, 6.07) is 0. The van der Waals surface area contributed by atoms with E-state index < -0.39 is 0 Å². The fourth-order valence-electron chi connectivity index (χ4n) is 2.70. The summed E-state index contributed by atoms with van der Waals surface area (Å²) in [5.74, 6) is 5.76. The second-order valence-corrected chi connectivity index (χ2v) is 6.83. The third kappa shape index (κ3) is 19.3. The molecular weight excluding hydrogens is 320 g/mol. The second-order valence-electron chi connectivity index (χ2n) is 6.83. The highest BCUT2D eigenvalue weighted by Gasteiger charge is 2.09. The van der Waals surface area contributed by atoms with Crippen LogP contribution in [0.1, 0.15) is 97.3 Å². The molecule has 0 saturated heterocycles. The molecule has 0 fully saturated rings. The molecule has 0 atom stereocenters. The molecule has 150 valence electrons. The van der Waals surface area contributed by atoms with E-state index in [1.807, 2.05) is 6.08 Å². The number of unbranched alkanes of at least 4 members (excludes halogenated alkanes) is 9. The molecule has 0 heterocycles. The highest BCUT2D eigenvalue weighted by molar-refractivity contribution is 5.21. The van der Waals surface area contributed by atoms with Crippen LogP contribution >= 0.6 is 0 Å². The molecule has 0 rings (SSSR count). The van der Waals surface area contributed by atoms with Gasteiger partial charge in [-0.15, -0.1) is 0 Å². The second kappa shape index (κ2) is 22.0. The molecule has 0 radical (unpaired) electrons. The van der Waals surface area contributed by atoms with Crippen molar-refractivity contribution < 1.29 is 9.47 Å². The normalized spacial score (nSPS) is 11.0. The first-order valence-electron chi connectivity index (χ1n) is 10.8. The van der Waals surface area contributed by atoms with Crippen molar-refractivity contribution in [2.45, 2.75) is 104 Å². The molecule has 0 aromatic heterocycles. The van der Waals surface area contributed by atoms with Gasteiger partial charge in [0, 0.05) is 13.2 Å². The van der Waals surface area contributed by atoms with Crippen LogP contribution in [0.15, 0.2) is 24.8 Å². The molecule has 0 aromatic rings. The molecule has 2 heteroatoms. The zero-order chi connectivity index (χ0) is 19.1. The van der Waals surface area contributed by atoms with Crippen LogP contribution in [0.3, 0.4) is 0 Å². The van der Waals surface area contributed by atoms with Crippen molar-refractivity contribution >= 4 is 0 Å². The van der Waals surface area contributed by atoms with Crippen molar-refractivity contribution in [1.29, 1.82) is 0 Å². The van der Waals surface area contributed by atoms with Gasteiger partial charge in [-0.05, 0) is 50.7 Å². The molecular formula is C24H42O2. The summed E-state index contributed by atoms with van der Waals surface area (Å²) in [6.45, 7) is 9.70. The van der Waals surface area contributed by atoms with Crippen LogP contribution < -0.4 is 0 Å². The predicted octanol–water partition coefficient (Wildman–Crippen LogP) is 7.20. The van der Waals surface area contributed by atoms with Gasteiger partial charge < -0.3 is 9.47 Å². The number of hydrogen-bond donors (Lipinski definition) is 0. The number of allylic oxidation sites excluding steroid dienone is 3. The Kier molecular flexibility index (Phi) is 21.1. The van der Waals surface area contributed by atoms with Gasteiger partial charge in [0.25, 0.3) is 0 Å². The van der Waals surface area contributed by atoms with Gasteiger partial charge in [0.2, 0.25) is 0 Å². The van der Waals surface area contributed by atoms with E-state index in [1.165, 1.54) is 57.8 Å². The first kappa shape index (κ1) is 25.0. The largest absolute Gasteiger partial charge is 0.353 e. The molecule has 0 aliphatic heterocycles. The van der Waals surface area contributed by atoms with Crippen LogP contribution in [0, 0.1) is 11.8 Å². The average molecular weight is 363 g/mol. The third-order valence-electron chi connectivity index (χ3n) is 4.30. The summed E-state index contributed by atoms with van der Waals surface area (Å²) < 4.78 is 11.9. The minimum atomic E-state index is 0.00933. The molecule has 0 N–H and O–H groups in total. The summed E-state index contributed by atoms with van der Waals surface area (Å²) in [6.07, 6.45) is 21.4. The summed E-state index contributed by atoms with van der Waals surface area (Å²) in [5, 5.41) is 0. The van der Waals surface area contributed by atoms with Gasteiger partial charge in [-0.2, -0.15) is 0 Å². The average Bonchev–Trinajstić information content (AvgIpc) is 2.66. The third-order valence-corrected chi connectivity index (χ3v) is 4.30. The van der Waals surface area contributed by atoms with Crippen LogP contribution in [0.25, 0.3) is 0 Å². The van der Waals surface area contributed by atoms with Gasteiger partial charge in [-0.3, -0.25) is 0 Å². The zero-order valence-electron chi connectivity index (χ0n) is 17.4. The quantitative estimate of drug-likeness (QED) is 0.146. The van der Waals surface area contributed by atoms with Crippen molar-refractivity contribution in [1.82, 2.24) is 0 Å². The van der Waals surface area contributed by atoms with E-state index in [4.69, 9.17) is 9.47 Å². The standard InChI is InChI=1S/C24H42O2/c1-4-7-10-11-12-13-14-15-16-17-18-21-24(25-22-19-8-5-2)26-23-20-9-6-3/h4,11-12,24H,1,5-6,8-9,13-23H2,2-3H3/b12-11+. The van der Waals surface area contributed by atoms with Crippen LogP contribution in [-0.2, 0) is 9.47 Å². The predicted molar refractivity (Wildman–Crippen MR) is 114 cm³/mol. The van der Waals surface area contributed by atoms with E-state index in [2.05, 4.69) is 38.3 Å². The van der Waals surface area contributed by atoms with E-state index in [1.54, 1.807) is 6.08 Å². The highest BCUT2D eigenvalue weighted by atomic mass is 16.7. The van der Waals surface area contributed by atoms with E-state index >= 15 is 0 Å². The Morgan fingerprint density at radius 3 is 2.00 bits per heavy atom. The SMILES string of the molecule is C=CC#C/C=C/CCCCCCCC(OCCCCC)OCCCCC. The van der Waals surface area contributed by atoms with Crippen molar-refractivity contribution in [3.8, 4) is 11.8 Å². The van der Waals surface area contributed by atoms with Crippen LogP contribution in [-0.4, -0.2) is 19.5 Å². The molecule has 0 aromatic carbocycles. The Bertz CT molecular complexity index is 363. The van der Waals surface area contributed by atoms with E-state index in [0.717, 1.165) is 38.9 Å².